The van der Waals surface area contributed by atoms with E-state index in [2.05, 4.69) is 44.0 Å². The van der Waals surface area contributed by atoms with E-state index in [1.54, 1.807) is 0 Å². The van der Waals surface area contributed by atoms with Gasteiger partial charge in [0.05, 0.1) is 0 Å². The molecule has 118 valence electrons. The molecule has 21 heavy (non-hydrogen) atoms. The highest BCUT2D eigenvalue weighted by Gasteiger charge is 2.16. The number of anilines is 1. The van der Waals surface area contributed by atoms with Crippen LogP contribution < -0.4 is 10.6 Å². The van der Waals surface area contributed by atoms with Gasteiger partial charge in [0.15, 0.2) is 0 Å². The lowest BCUT2D eigenvalue weighted by Crippen LogP contribution is -2.27. The van der Waals surface area contributed by atoms with Crippen LogP contribution in [0.5, 0.6) is 0 Å². The van der Waals surface area contributed by atoms with Crippen LogP contribution in [-0.4, -0.2) is 19.6 Å². The van der Waals surface area contributed by atoms with Crippen LogP contribution in [0.15, 0.2) is 18.2 Å². The van der Waals surface area contributed by atoms with Crippen LogP contribution in [0.2, 0.25) is 0 Å². The van der Waals surface area contributed by atoms with Crippen molar-refractivity contribution in [2.45, 2.75) is 64.8 Å². The van der Waals surface area contributed by atoms with Gasteiger partial charge < -0.3 is 10.6 Å². The van der Waals surface area contributed by atoms with Crippen molar-refractivity contribution in [2.75, 3.05) is 18.5 Å². The summed E-state index contributed by atoms with van der Waals surface area (Å²) in [5, 5.41) is 0. The maximum absolute atomic E-state index is 6.07. The van der Waals surface area contributed by atoms with Gasteiger partial charge in [0.25, 0.3) is 0 Å². The number of aryl methyl sites for hydroxylation is 1. The summed E-state index contributed by atoms with van der Waals surface area (Å²) in [6, 6.07) is 7.16. The number of hydrogen-bond donors (Lipinski definition) is 1. The third-order valence-electron chi connectivity index (χ3n) is 4.95. The van der Waals surface area contributed by atoms with E-state index in [1.807, 2.05) is 0 Å². The summed E-state index contributed by atoms with van der Waals surface area (Å²) >= 11 is 0. The van der Waals surface area contributed by atoms with Crippen LogP contribution in [-0.2, 0) is 6.42 Å². The van der Waals surface area contributed by atoms with E-state index in [1.165, 1.54) is 55.5 Å². The fourth-order valence-corrected chi connectivity index (χ4v) is 3.58. The molecule has 0 saturated heterocycles. The molecular formula is C19H32N2. The highest BCUT2D eigenvalue weighted by molar-refractivity contribution is 5.54. The minimum absolute atomic E-state index is 0.287. The minimum Gasteiger partial charge on any atom is -0.374 e. The Balaban J connectivity index is 1.98. The topological polar surface area (TPSA) is 29.3 Å². The number of nitrogens with zero attached hydrogens (tertiary/aromatic N) is 1. The Morgan fingerprint density at radius 1 is 1.24 bits per heavy atom. The number of benzene rings is 1. The molecule has 1 aromatic carbocycles. The second-order valence-corrected chi connectivity index (χ2v) is 6.88. The molecule has 0 aliphatic heterocycles. The molecular weight excluding hydrogens is 256 g/mol. The van der Waals surface area contributed by atoms with Crippen LogP contribution >= 0.6 is 0 Å². The molecule has 2 N–H and O–H groups in total. The van der Waals surface area contributed by atoms with Gasteiger partial charge in [0.1, 0.15) is 0 Å². The van der Waals surface area contributed by atoms with Gasteiger partial charge in [-0.05, 0) is 55.7 Å². The predicted molar refractivity (Wildman–Crippen MR) is 93.0 cm³/mol. The van der Waals surface area contributed by atoms with Crippen molar-refractivity contribution >= 4 is 5.69 Å². The Kier molecular flexibility index (Phi) is 6.10. The van der Waals surface area contributed by atoms with Crippen molar-refractivity contribution in [2.24, 2.45) is 11.7 Å². The first-order valence-electron chi connectivity index (χ1n) is 8.66. The standard InChI is InChI=1S/C19H32N2/c1-4-18(20)13-17-10-11-19(15(2)12-17)21(3)14-16-8-6-5-7-9-16/h10-12,16,18H,4-9,13-14,20H2,1-3H3. The quantitative estimate of drug-likeness (QED) is 0.846. The van der Waals surface area contributed by atoms with Gasteiger partial charge in [-0.15, -0.1) is 0 Å². The van der Waals surface area contributed by atoms with Gasteiger partial charge >= 0.3 is 0 Å². The summed E-state index contributed by atoms with van der Waals surface area (Å²) in [4.78, 5) is 2.45. The Hall–Kier alpha value is -1.02. The number of nitrogens with two attached hydrogens (primary N) is 1. The molecule has 1 unspecified atom stereocenters. The van der Waals surface area contributed by atoms with Gasteiger partial charge in [-0.3, -0.25) is 0 Å². The first-order chi connectivity index (χ1) is 10.1. The fourth-order valence-electron chi connectivity index (χ4n) is 3.58. The molecule has 2 heteroatoms. The molecule has 1 aliphatic carbocycles. The largest absolute Gasteiger partial charge is 0.374 e. The van der Waals surface area contributed by atoms with Crippen molar-refractivity contribution in [1.82, 2.24) is 0 Å². The summed E-state index contributed by atoms with van der Waals surface area (Å²) in [5.41, 5.74) is 10.2. The molecule has 0 spiro atoms. The first-order valence-corrected chi connectivity index (χ1v) is 8.66. The van der Waals surface area contributed by atoms with Crippen LogP contribution in [0.1, 0.15) is 56.6 Å². The highest BCUT2D eigenvalue weighted by Crippen LogP contribution is 2.27. The van der Waals surface area contributed by atoms with Gasteiger partial charge in [-0.25, -0.2) is 0 Å². The van der Waals surface area contributed by atoms with Crippen molar-refractivity contribution in [3.05, 3.63) is 29.3 Å². The van der Waals surface area contributed by atoms with Crippen molar-refractivity contribution in [3.8, 4) is 0 Å². The Morgan fingerprint density at radius 2 is 1.95 bits per heavy atom. The van der Waals surface area contributed by atoms with E-state index in [4.69, 9.17) is 5.73 Å². The predicted octanol–water partition coefficient (Wildman–Crippen LogP) is 4.29. The van der Waals surface area contributed by atoms with Gasteiger partial charge in [-0.1, -0.05) is 38.3 Å². The van der Waals surface area contributed by atoms with E-state index in [0.29, 0.717) is 0 Å². The van der Waals surface area contributed by atoms with Crippen molar-refractivity contribution in [3.63, 3.8) is 0 Å². The third kappa shape index (κ3) is 4.74. The molecule has 1 saturated carbocycles. The number of rotatable bonds is 6. The lowest BCUT2D eigenvalue weighted by molar-refractivity contribution is 0.362. The second kappa shape index (κ2) is 7.84. The zero-order chi connectivity index (χ0) is 15.2. The van der Waals surface area contributed by atoms with E-state index < -0.39 is 0 Å². The zero-order valence-electron chi connectivity index (χ0n) is 14.1. The second-order valence-electron chi connectivity index (χ2n) is 6.88. The monoisotopic (exact) mass is 288 g/mol. The average molecular weight is 288 g/mol. The van der Waals surface area contributed by atoms with E-state index in [0.717, 1.165) is 18.8 Å². The third-order valence-corrected chi connectivity index (χ3v) is 4.95. The summed E-state index contributed by atoms with van der Waals surface area (Å²) < 4.78 is 0. The average Bonchev–Trinajstić information content (AvgIpc) is 2.48. The Morgan fingerprint density at radius 3 is 2.57 bits per heavy atom. The lowest BCUT2D eigenvalue weighted by Gasteiger charge is -2.29. The summed E-state index contributed by atoms with van der Waals surface area (Å²) in [6.45, 7) is 5.59. The van der Waals surface area contributed by atoms with Crippen LogP contribution in [0.3, 0.4) is 0 Å². The summed E-state index contributed by atoms with van der Waals surface area (Å²) in [5.74, 6) is 0.886. The Bertz CT molecular complexity index is 435. The fraction of sp³-hybridized carbons (Fsp3) is 0.684. The van der Waals surface area contributed by atoms with Crippen LogP contribution in [0.25, 0.3) is 0 Å². The van der Waals surface area contributed by atoms with E-state index in [9.17, 15) is 0 Å². The van der Waals surface area contributed by atoms with E-state index in [-0.39, 0.29) is 6.04 Å². The maximum atomic E-state index is 6.07. The van der Waals surface area contributed by atoms with Gasteiger partial charge in [-0.2, -0.15) is 0 Å². The molecule has 0 heterocycles. The number of hydrogen-bond acceptors (Lipinski definition) is 2. The molecule has 2 rings (SSSR count). The van der Waals surface area contributed by atoms with Gasteiger partial charge in [0, 0.05) is 25.3 Å². The lowest BCUT2D eigenvalue weighted by atomic mass is 9.89. The summed E-state index contributed by atoms with van der Waals surface area (Å²) in [6.07, 6.45) is 9.13. The van der Waals surface area contributed by atoms with Crippen LogP contribution in [0.4, 0.5) is 5.69 Å². The Labute approximate surface area is 130 Å². The molecule has 0 aromatic heterocycles. The normalized spacial score (nSPS) is 17.7. The molecule has 1 aromatic rings. The van der Waals surface area contributed by atoms with Crippen molar-refractivity contribution in [1.29, 1.82) is 0 Å². The maximum Gasteiger partial charge on any atom is 0.0393 e. The minimum atomic E-state index is 0.287. The van der Waals surface area contributed by atoms with Crippen molar-refractivity contribution < 1.29 is 0 Å². The van der Waals surface area contributed by atoms with Gasteiger partial charge in [0.2, 0.25) is 0 Å². The highest BCUT2D eigenvalue weighted by atomic mass is 15.1. The zero-order valence-corrected chi connectivity index (χ0v) is 14.1. The smallest absolute Gasteiger partial charge is 0.0393 e. The summed E-state index contributed by atoms with van der Waals surface area (Å²) in [7, 11) is 2.24. The SMILES string of the molecule is CCC(N)Cc1ccc(N(C)CC2CCCCC2)c(C)c1. The molecule has 0 amide bonds. The molecule has 0 radical (unpaired) electrons. The molecule has 1 atom stereocenters. The molecule has 2 nitrogen and oxygen atoms in total. The molecule has 1 fully saturated rings. The van der Waals surface area contributed by atoms with Crippen LogP contribution in [0, 0.1) is 12.8 Å². The first kappa shape index (κ1) is 16.4. The van der Waals surface area contributed by atoms with E-state index >= 15 is 0 Å². The molecule has 1 aliphatic rings. The molecule has 0 bridgehead atoms.